The lowest BCUT2D eigenvalue weighted by Crippen LogP contribution is -2.33. The minimum atomic E-state index is -3.76. The first kappa shape index (κ1) is 21.7. The van der Waals surface area contributed by atoms with Gasteiger partial charge in [-0.1, -0.05) is 30.6 Å². The zero-order chi connectivity index (χ0) is 21.3. The molecule has 3 rings (SSSR count). The van der Waals surface area contributed by atoms with Gasteiger partial charge in [-0.05, 0) is 50.8 Å². The van der Waals surface area contributed by atoms with Crippen LogP contribution in [-0.2, 0) is 10.0 Å². The van der Waals surface area contributed by atoms with E-state index < -0.39 is 22.0 Å². The van der Waals surface area contributed by atoms with Crippen LogP contribution in [0.15, 0.2) is 27.6 Å². The number of aromatic nitrogens is 2. The molecule has 1 aliphatic rings. The molecule has 0 spiro atoms. The molecule has 1 heterocycles. The molecule has 1 atom stereocenters. The van der Waals surface area contributed by atoms with Crippen LogP contribution in [0.1, 0.15) is 74.6 Å². The van der Waals surface area contributed by atoms with Gasteiger partial charge in [0.1, 0.15) is 6.04 Å². The molecule has 0 radical (unpaired) electrons. The smallest absolute Gasteiger partial charge is 0.253 e. The second-order valence-electron chi connectivity index (χ2n) is 7.88. The number of carbonyl (C=O) groups excluding carboxylic acids is 1. The van der Waals surface area contributed by atoms with Gasteiger partial charge in [-0.15, -0.1) is 0 Å². The fourth-order valence-electron chi connectivity index (χ4n) is 2.84. The van der Waals surface area contributed by atoms with Gasteiger partial charge in [0.05, 0.1) is 15.5 Å². The lowest BCUT2D eigenvalue weighted by atomic mass is 10.0. The number of benzene rings is 1. The molecular formula is C19H25ClN4O4S. The summed E-state index contributed by atoms with van der Waals surface area (Å²) >= 11 is 6.18. The zero-order valence-corrected chi connectivity index (χ0v) is 18.3. The summed E-state index contributed by atoms with van der Waals surface area (Å²) in [6, 6.07) is 3.23. The molecule has 1 amide bonds. The Kier molecular flexibility index (Phi) is 6.30. The van der Waals surface area contributed by atoms with Crippen molar-refractivity contribution in [2.75, 3.05) is 0 Å². The van der Waals surface area contributed by atoms with Gasteiger partial charge in [0.25, 0.3) is 5.91 Å². The SMILES string of the molecule is CC(C)NS(=O)(=O)c1ccc(Cl)c(C(=O)NC(c2nc(C3CC3)no2)C(C)C)c1. The Morgan fingerprint density at radius 3 is 2.52 bits per heavy atom. The average Bonchev–Trinajstić information content (AvgIpc) is 3.36. The minimum Gasteiger partial charge on any atom is -0.340 e. The number of halogens is 1. The number of hydrogen-bond donors (Lipinski definition) is 2. The van der Waals surface area contributed by atoms with E-state index in [4.69, 9.17) is 16.1 Å². The van der Waals surface area contributed by atoms with E-state index in [2.05, 4.69) is 20.2 Å². The van der Waals surface area contributed by atoms with Crippen molar-refractivity contribution in [1.82, 2.24) is 20.2 Å². The molecule has 2 N–H and O–H groups in total. The van der Waals surface area contributed by atoms with Crippen LogP contribution in [0, 0.1) is 5.92 Å². The Morgan fingerprint density at radius 2 is 1.93 bits per heavy atom. The van der Waals surface area contributed by atoms with Crippen LogP contribution < -0.4 is 10.0 Å². The Labute approximate surface area is 175 Å². The molecule has 1 saturated carbocycles. The fraction of sp³-hybridized carbons (Fsp3) is 0.526. The van der Waals surface area contributed by atoms with Crippen LogP contribution >= 0.6 is 11.6 Å². The number of hydrogen-bond acceptors (Lipinski definition) is 6. The summed E-state index contributed by atoms with van der Waals surface area (Å²) in [6.07, 6.45) is 2.08. The van der Waals surface area contributed by atoms with Crippen molar-refractivity contribution in [3.8, 4) is 0 Å². The van der Waals surface area contributed by atoms with Crippen molar-refractivity contribution in [2.24, 2.45) is 5.92 Å². The maximum atomic E-state index is 12.9. The van der Waals surface area contributed by atoms with E-state index in [0.29, 0.717) is 17.6 Å². The highest BCUT2D eigenvalue weighted by atomic mass is 35.5. The molecule has 29 heavy (non-hydrogen) atoms. The second kappa shape index (κ2) is 8.41. The van der Waals surface area contributed by atoms with Gasteiger partial charge >= 0.3 is 0 Å². The minimum absolute atomic E-state index is 0.0280. The third kappa shape index (κ3) is 5.15. The molecule has 158 valence electrons. The molecular weight excluding hydrogens is 416 g/mol. The van der Waals surface area contributed by atoms with Gasteiger partial charge in [-0.2, -0.15) is 4.98 Å². The van der Waals surface area contributed by atoms with Crippen molar-refractivity contribution >= 4 is 27.5 Å². The number of amides is 1. The van der Waals surface area contributed by atoms with E-state index in [1.165, 1.54) is 18.2 Å². The standard InChI is InChI=1S/C19H25ClN4O4S/c1-10(2)16(19-22-17(23-28-19)12-5-6-12)21-18(25)14-9-13(7-8-15(14)20)29(26,27)24-11(3)4/h7-12,16,24H,5-6H2,1-4H3,(H,21,25). The summed E-state index contributed by atoms with van der Waals surface area (Å²) in [4.78, 5) is 17.3. The van der Waals surface area contributed by atoms with Crippen LogP contribution in [0.2, 0.25) is 5.02 Å². The molecule has 1 aromatic carbocycles. The Hall–Kier alpha value is -1.97. The first-order chi connectivity index (χ1) is 13.6. The van der Waals surface area contributed by atoms with Crippen LogP contribution in [-0.4, -0.2) is 30.5 Å². The third-order valence-corrected chi connectivity index (χ3v) is 6.49. The first-order valence-electron chi connectivity index (χ1n) is 9.54. The van der Waals surface area contributed by atoms with Crippen LogP contribution in [0.4, 0.5) is 0 Å². The van der Waals surface area contributed by atoms with Crippen molar-refractivity contribution in [3.63, 3.8) is 0 Å². The lowest BCUT2D eigenvalue weighted by Gasteiger charge is -2.19. The molecule has 0 saturated heterocycles. The summed E-state index contributed by atoms with van der Waals surface area (Å²) in [6.45, 7) is 7.27. The van der Waals surface area contributed by atoms with Gasteiger partial charge < -0.3 is 9.84 Å². The van der Waals surface area contributed by atoms with Gasteiger partial charge in [-0.3, -0.25) is 4.79 Å². The molecule has 2 aromatic rings. The van der Waals surface area contributed by atoms with Crippen molar-refractivity contribution in [1.29, 1.82) is 0 Å². The predicted octanol–water partition coefficient (Wildman–Crippen LogP) is 3.41. The number of rotatable bonds is 8. The molecule has 1 fully saturated rings. The van der Waals surface area contributed by atoms with Crippen LogP contribution in [0.3, 0.4) is 0 Å². The van der Waals surface area contributed by atoms with Gasteiger partial charge in [0.15, 0.2) is 5.82 Å². The van der Waals surface area contributed by atoms with Crippen molar-refractivity contribution in [3.05, 3.63) is 40.5 Å². The molecule has 8 nitrogen and oxygen atoms in total. The van der Waals surface area contributed by atoms with Crippen molar-refractivity contribution < 1.29 is 17.7 Å². The summed E-state index contributed by atoms with van der Waals surface area (Å²) < 4.78 is 32.7. The monoisotopic (exact) mass is 440 g/mol. The Balaban J connectivity index is 1.85. The molecule has 10 heteroatoms. The normalized spacial score (nSPS) is 15.7. The van der Waals surface area contributed by atoms with Gasteiger partial charge in [0.2, 0.25) is 15.9 Å². The lowest BCUT2D eigenvalue weighted by molar-refractivity contribution is 0.0914. The number of carbonyl (C=O) groups is 1. The molecule has 1 aromatic heterocycles. The maximum absolute atomic E-state index is 12.9. The van der Waals surface area contributed by atoms with E-state index in [0.717, 1.165) is 12.8 Å². The summed E-state index contributed by atoms with van der Waals surface area (Å²) in [5, 5.41) is 7.00. The van der Waals surface area contributed by atoms with Gasteiger partial charge in [-0.25, -0.2) is 13.1 Å². The number of nitrogens with zero attached hydrogens (tertiary/aromatic N) is 2. The Bertz CT molecular complexity index is 999. The van der Waals surface area contributed by atoms with E-state index in [-0.39, 0.29) is 27.4 Å². The molecule has 0 bridgehead atoms. The molecule has 0 aliphatic heterocycles. The highest BCUT2D eigenvalue weighted by molar-refractivity contribution is 7.89. The van der Waals surface area contributed by atoms with E-state index in [9.17, 15) is 13.2 Å². The summed E-state index contributed by atoms with van der Waals surface area (Å²) in [5.41, 5.74) is 0.0610. The maximum Gasteiger partial charge on any atom is 0.253 e. The fourth-order valence-corrected chi connectivity index (χ4v) is 4.32. The van der Waals surface area contributed by atoms with E-state index in [1.54, 1.807) is 13.8 Å². The Morgan fingerprint density at radius 1 is 1.24 bits per heavy atom. The van der Waals surface area contributed by atoms with Crippen LogP contribution in [0.5, 0.6) is 0 Å². The summed E-state index contributed by atoms with van der Waals surface area (Å²) in [7, 11) is -3.76. The van der Waals surface area contributed by atoms with Gasteiger partial charge in [0, 0.05) is 12.0 Å². The predicted molar refractivity (Wildman–Crippen MR) is 108 cm³/mol. The summed E-state index contributed by atoms with van der Waals surface area (Å²) in [5.74, 6) is 0.782. The van der Waals surface area contributed by atoms with Crippen LogP contribution in [0.25, 0.3) is 0 Å². The highest BCUT2D eigenvalue weighted by Crippen LogP contribution is 2.38. The molecule has 1 aliphatic carbocycles. The second-order valence-corrected chi connectivity index (χ2v) is 10.00. The quantitative estimate of drug-likeness (QED) is 0.650. The van der Waals surface area contributed by atoms with Crippen molar-refractivity contribution in [2.45, 2.75) is 63.4 Å². The van der Waals surface area contributed by atoms with E-state index >= 15 is 0 Å². The average molecular weight is 441 g/mol. The third-order valence-electron chi connectivity index (χ3n) is 4.50. The zero-order valence-electron chi connectivity index (χ0n) is 16.8. The van der Waals surface area contributed by atoms with E-state index in [1.807, 2.05) is 13.8 Å². The largest absolute Gasteiger partial charge is 0.340 e. The first-order valence-corrected chi connectivity index (χ1v) is 11.4. The number of nitrogens with one attached hydrogen (secondary N) is 2. The molecule has 1 unspecified atom stereocenters. The topological polar surface area (TPSA) is 114 Å². The number of sulfonamides is 1. The highest BCUT2D eigenvalue weighted by Gasteiger charge is 2.32.